The van der Waals surface area contributed by atoms with Crippen LogP contribution in [-0.2, 0) is 16.1 Å². The van der Waals surface area contributed by atoms with E-state index in [9.17, 15) is 9.59 Å². The maximum atomic E-state index is 12.6. The molecule has 1 aromatic heterocycles. The van der Waals surface area contributed by atoms with Crippen LogP contribution in [0.2, 0.25) is 0 Å². The Kier molecular flexibility index (Phi) is 6.36. The standard InChI is InChI=1S/C23H25N5O2S/c1-16-8-6-7-11-19(16)28-20(25-26-23(28)31-2)13-24-21(29)15-27-14-18(12-22(27)30)17-9-4-3-5-10-17/h3-11,18H,12-15H2,1-2H3,(H,24,29). The lowest BCUT2D eigenvalue weighted by molar-refractivity contribution is -0.133. The van der Waals surface area contributed by atoms with Gasteiger partial charge in [0.1, 0.15) is 0 Å². The van der Waals surface area contributed by atoms with Gasteiger partial charge in [-0.25, -0.2) is 0 Å². The molecule has 1 N–H and O–H groups in total. The number of rotatable bonds is 7. The average molecular weight is 436 g/mol. The number of aryl methyl sites for hydroxylation is 1. The van der Waals surface area contributed by atoms with Crippen molar-refractivity contribution >= 4 is 23.6 Å². The molecular formula is C23H25N5O2S. The van der Waals surface area contributed by atoms with Gasteiger partial charge < -0.3 is 10.2 Å². The molecule has 0 spiro atoms. The van der Waals surface area contributed by atoms with Crippen LogP contribution in [-0.4, -0.2) is 50.8 Å². The fraction of sp³-hybridized carbons (Fsp3) is 0.304. The third-order valence-corrected chi connectivity index (χ3v) is 6.13. The molecular weight excluding hydrogens is 410 g/mol. The molecule has 3 aromatic rings. The number of hydrogen-bond donors (Lipinski definition) is 1. The summed E-state index contributed by atoms with van der Waals surface area (Å²) in [5, 5.41) is 12.2. The van der Waals surface area contributed by atoms with Gasteiger partial charge in [0.2, 0.25) is 11.8 Å². The van der Waals surface area contributed by atoms with Crippen molar-refractivity contribution in [2.24, 2.45) is 0 Å². The van der Waals surface area contributed by atoms with Crippen molar-refractivity contribution < 1.29 is 9.59 Å². The van der Waals surface area contributed by atoms with E-state index in [4.69, 9.17) is 0 Å². The summed E-state index contributed by atoms with van der Waals surface area (Å²) < 4.78 is 1.97. The minimum Gasteiger partial charge on any atom is -0.347 e. The molecule has 0 bridgehead atoms. The van der Waals surface area contributed by atoms with Crippen LogP contribution < -0.4 is 5.32 Å². The highest BCUT2D eigenvalue weighted by Gasteiger charge is 2.31. The Balaban J connectivity index is 1.40. The van der Waals surface area contributed by atoms with E-state index in [1.54, 1.807) is 4.90 Å². The number of likely N-dealkylation sites (tertiary alicyclic amines) is 1. The van der Waals surface area contributed by atoms with Crippen LogP contribution >= 0.6 is 11.8 Å². The van der Waals surface area contributed by atoms with Crippen molar-refractivity contribution in [2.75, 3.05) is 19.3 Å². The molecule has 31 heavy (non-hydrogen) atoms. The Morgan fingerprint density at radius 3 is 2.61 bits per heavy atom. The minimum absolute atomic E-state index is 0.0109. The van der Waals surface area contributed by atoms with Crippen molar-refractivity contribution in [3.05, 3.63) is 71.5 Å². The molecule has 2 aromatic carbocycles. The first-order valence-electron chi connectivity index (χ1n) is 10.2. The van der Waals surface area contributed by atoms with Crippen molar-refractivity contribution in [1.29, 1.82) is 0 Å². The lowest BCUT2D eigenvalue weighted by atomic mass is 9.99. The number of amides is 2. The summed E-state index contributed by atoms with van der Waals surface area (Å²) >= 11 is 1.50. The van der Waals surface area contributed by atoms with Gasteiger partial charge in [-0.3, -0.25) is 14.2 Å². The molecule has 0 aliphatic carbocycles. The molecule has 0 saturated carbocycles. The summed E-state index contributed by atoms with van der Waals surface area (Å²) in [5.41, 5.74) is 3.22. The van der Waals surface area contributed by atoms with Crippen molar-refractivity contribution in [3.8, 4) is 5.69 Å². The molecule has 1 unspecified atom stereocenters. The van der Waals surface area contributed by atoms with Crippen molar-refractivity contribution in [2.45, 2.75) is 31.0 Å². The molecule has 1 saturated heterocycles. The van der Waals surface area contributed by atoms with Gasteiger partial charge in [0, 0.05) is 18.9 Å². The lowest BCUT2D eigenvalue weighted by Crippen LogP contribution is -2.38. The summed E-state index contributed by atoms with van der Waals surface area (Å²) in [6, 6.07) is 18.0. The number of para-hydroxylation sites is 1. The predicted molar refractivity (Wildman–Crippen MR) is 120 cm³/mol. The molecule has 7 nitrogen and oxygen atoms in total. The Morgan fingerprint density at radius 1 is 1.13 bits per heavy atom. The van der Waals surface area contributed by atoms with Gasteiger partial charge in [0.05, 0.1) is 18.8 Å². The van der Waals surface area contributed by atoms with Gasteiger partial charge in [-0.15, -0.1) is 10.2 Å². The first kappa shape index (κ1) is 21.1. The second kappa shape index (κ2) is 9.34. The normalized spacial score (nSPS) is 16.0. The SMILES string of the molecule is CSc1nnc(CNC(=O)CN2CC(c3ccccc3)CC2=O)n1-c1ccccc1C. The number of benzene rings is 2. The van der Waals surface area contributed by atoms with E-state index in [1.807, 2.05) is 72.3 Å². The number of nitrogens with one attached hydrogen (secondary N) is 1. The van der Waals surface area contributed by atoms with Gasteiger partial charge >= 0.3 is 0 Å². The summed E-state index contributed by atoms with van der Waals surface area (Å²) in [4.78, 5) is 26.6. The monoisotopic (exact) mass is 435 g/mol. The van der Waals surface area contributed by atoms with Gasteiger partial charge in [-0.1, -0.05) is 60.3 Å². The summed E-state index contributed by atoms with van der Waals surface area (Å²) in [6.45, 7) is 2.89. The fourth-order valence-electron chi connectivity index (χ4n) is 3.88. The largest absolute Gasteiger partial charge is 0.347 e. The van der Waals surface area contributed by atoms with Crippen LogP contribution in [0.1, 0.15) is 29.3 Å². The number of carbonyl (C=O) groups is 2. The van der Waals surface area contributed by atoms with E-state index in [0.717, 1.165) is 22.0 Å². The van der Waals surface area contributed by atoms with Crippen molar-refractivity contribution in [1.82, 2.24) is 25.0 Å². The minimum atomic E-state index is -0.202. The molecule has 1 fully saturated rings. The number of nitrogens with zero attached hydrogens (tertiary/aromatic N) is 4. The van der Waals surface area contributed by atoms with Gasteiger partial charge in [0.15, 0.2) is 11.0 Å². The Morgan fingerprint density at radius 2 is 1.87 bits per heavy atom. The zero-order chi connectivity index (χ0) is 21.8. The molecule has 1 atom stereocenters. The van der Waals surface area contributed by atoms with Crippen LogP contribution in [0, 0.1) is 6.92 Å². The predicted octanol–water partition coefficient (Wildman–Crippen LogP) is 2.93. The second-order valence-corrected chi connectivity index (χ2v) is 8.36. The molecule has 160 valence electrons. The maximum absolute atomic E-state index is 12.6. The summed E-state index contributed by atoms with van der Waals surface area (Å²) in [7, 11) is 0. The Bertz CT molecular complexity index is 1080. The van der Waals surface area contributed by atoms with Crippen LogP contribution in [0.5, 0.6) is 0 Å². The maximum Gasteiger partial charge on any atom is 0.240 e. The van der Waals surface area contributed by atoms with Crippen LogP contribution in [0.25, 0.3) is 5.69 Å². The number of carbonyl (C=O) groups excluding carboxylic acids is 2. The average Bonchev–Trinajstić information content (AvgIpc) is 3.36. The molecule has 4 rings (SSSR count). The van der Waals surface area contributed by atoms with E-state index >= 15 is 0 Å². The van der Waals surface area contributed by atoms with E-state index in [1.165, 1.54) is 11.8 Å². The fourth-order valence-corrected chi connectivity index (χ4v) is 4.39. The number of aromatic nitrogens is 3. The molecule has 2 amide bonds. The van der Waals surface area contributed by atoms with Crippen LogP contribution in [0.3, 0.4) is 0 Å². The van der Waals surface area contributed by atoms with E-state index in [-0.39, 0.29) is 30.8 Å². The first-order chi connectivity index (χ1) is 15.1. The van der Waals surface area contributed by atoms with E-state index in [2.05, 4.69) is 15.5 Å². The van der Waals surface area contributed by atoms with Gasteiger partial charge in [-0.05, 0) is 30.4 Å². The highest BCUT2D eigenvalue weighted by molar-refractivity contribution is 7.98. The van der Waals surface area contributed by atoms with Crippen molar-refractivity contribution in [3.63, 3.8) is 0 Å². The third-order valence-electron chi connectivity index (χ3n) is 5.50. The summed E-state index contributed by atoms with van der Waals surface area (Å²) in [6.07, 6.45) is 2.39. The smallest absolute Gasteiger partial charge is 0.240 e. The van der Waals surface area contributed by atoms with E-state index in [0.29, 0.717) is 18.8 Å². The topological polar surface area (TPSA) is 80.1 Å². The quantitative estimate of drug-likeness (QED) is 0.577. The lowest BCUT2D eigenvalue weighted by Gasteiger charge is -2.17. The molecule has 0 radical (unpaired) electrons. The van der Waals surface area contributed by atoms with Gasteiger partial charge in [-0.2, -0.15) is 0 Å². The Hall–Kier alpha value is -3.13. The zero-order valence-electron chi connectivity index (χ0n) is 17.6. The second-order valence-electron chi connectivity index (χ2n) is 7.59. The van der Waals surface area contributed by atoms with Gasteiger partial charge in [0.25, 0.3) is 0 Å². The first-order valence-corrected chi connectivity index (χ1v) is 11.4. The van der Waals surface area contributed by atoms with Crippen LogP contribution in [0.15, 0.2) is 59.8 Å². The summed E-state index contributed by atoms with van der Waals surface area (Å²) in [5.74, 6) is 0.598. The molecule has 1 aliphatic heterocycles. The molecule has 2 heterocycles. The highest BCUT2D eigenvalue weighted by atomic mass is 32.2. The van der Waals surface area contributed by atoms with E-state index < -0.39 is 0 Å². The Labute approximate surface area is 185 Å². The zero-order valence-corrected chi connectivity index (χ0v) is 18.4. The number of thioether (sulfide) groups is 1. The third kappa shape index (κ3) is 4.64. The highest BCUT2D eigenvalue weighted by Crippen LogP contribution is 2.27. The molecule has 8 heteroatoms. The molecule has 1 aliphatic rings. The number of hydrogen-bond acceptors (Lipinski definition) is 5. The van der Waals surface area contributed by atoms with Crippen LogP contribution in [0.4, 0.5) is 0 Å².